The van der Waals surface area contributed by atoms with Crippen molar-refractivity contribution in [2.24, 2.45) is 0 Å². The molecular formula is C22H18F5N3O3. The first-order valence-electron chi connectivity index (χ1n) is 9.94. The van der Waals surface area contributed by atoms with Crippen molar-refractivity contribution in [3.63, 3.8) is 0 Å². The van der Waals surface area contributed by atoms with Gasteiger partial charge in [0.1, 0.15) is 22.8 Å². The highest BCUT2D eigenvalue weighted by Gasteiger charge is 2.32. The molecule has 1 saturated heterocycles. The smallest absolute Gasteiger partial charge is 0.406 e. The minimum absolute atomic E-state index is 0.207. The number of benzene rings is 2. The molecule has 1 aliphatic rings. The van der Waals surface area contributed by atoms with Crippen LogP contribution in [0.3, 0.4) is 0 Å². The van der Waals surface area contributed by atoms with Crippen molar-refractivity contribution in [2.75, 3.05) is 31.1 Å². The fraction of sp³-hybridized carbons (Fsp3) is 0.273. The van der Waals surface area contributed by atoms with Gasteiger partial charge in [0.25, 0.3) is 5.91 Å². The summed E-state index contributed by atoms with van der Waals surface area (Å²) in [6.07, 6.45) is -4.81. The van der Waals surface area contributed by atoms with Gasteiger partial charge in [-0.2, -0.15) is 0 Å². The molecule has 0 unspecified atom stereocenters. The first-order valence-corrected chi connectivity index (χ1v) is 9.94. The molecule has 0 radical (unpaired) electrons. The molecule has 0 spiro atoms. The number of hydrogen-bond donors (Lipinski definition) is 0. The van der Waals surface area contributed by atoms with Gasteiger partial charge in [0.05, 0.1) is 0 Å². The second kappa shape index (κ2) is 8.72. The topological polar surface area (TPSA) is 58.8 Å². The Morgan fingerprint density at radius 3 is 2.27 bits per heavy atom. The van der Waals surface area contributed by atoms with E-state index in [2.05, 4.69) is 9.89 Å². The van der Waals surface area contributed by atoms with Gasteiger partial charge in [-0.15, -0.1) is 13.2 Å². The zero-order valence-electron chi connectivity index (χ0n) is 17.3. The van der Waals surface area contributed by atoms with Crippen molar-refractivity contribution < 1.29 is 36.0 Å². The number of ether oxygens (including phenoxy) is 1. The van der Waals surface area contributed by atoms with Gasteiger partial charge in [-0.05, 0) is 43.3 Å². The van der Waals surface area contributed by atoms with Gasteiger partial charge < -0.3 is 19.1 Å². The number of carbonyl (C=O) groups is 1. The standard InChI is InChI=1S/C22H18F5N3O3/c1-13-19(20(28-33-13)14-2-5-16(6-3-14)32-22(25,26)27)21(31)30-10-8-29(9-11-30)15-4-7-17(23)18(24)12-15/h2-7,12H,8-11H2,1H3. The third-order valence-electron chi connectivity index (χ3n) is 5.27. The molecule has 174 valence electrons. The summed E-state index contributed by atoms with van der Waals surface area (Å²) in [6.45, 7) is 3.02. The molecule has 0 bridgehead atoms. The molecule has 11 heteroatoms. The number of carbonyl (C=O) groups excluding carboxylic acids is 1. The lowest BCUT2D eigenvalue weighted by Crippen LogP contribution is -2.49. The maximum absolute atomic E-state index is 13.5. The molecule has 1 fully saturated rings. The van der Waals surface area contributed by atoms with Gasteiger partial charge in [0, 0.05) is 43.5 Å². The van der Waals surface area contributed by atoms with E-state index in [-0.39, 0.29) is 22.9 Å². The molecule has 1 aliphatic heterocycles. The Morgan fingerprint density at radius 1 is 1.00 bits per heavy atom. The van der Waals surface area contributed by atoms with Crippen molar-refractivity contribution in [2.45, 2.75) is 13.3 Å². The Labute approximate surface area is 185 Å². The van der Waals surface area contributed by atoms with Gasteiger partial charge in [-0.25, -0.2) is 8.78 Å². The van der Waals surface area contributed by atoms with E-state index >= 15 is 0 Å². The van der Waals surface area contributed by atoms with Crippen molar-refractivity contribution in [1.29, 1.82) is 0 Å². The number of anilines is 1. The maximum Gasteiger partial charge on any atom is 0.573 e. The minimum atomic E-state index is -4.81. The SMILES string of the molecule is Cc1onc(-c2ccc(OC(F)(F)F)cc2)c1C(=O)N1CCN(c2ccc(F)c(F)c2)CC1. The number of halogens is 5. The molecule has 4 rings (SSSR count). The van der Waals surface area contributed by atoms with Crippen LogP contribution in [-0.2, 0) is 0 Å². The molecule has 0 aliphatic carbocycles. The molecule has 1 amide bonds. The van der Waals surface area contributed by atoms with E-state index < -0.39 is 23.7 Å². The van der Waals surface area contributed by atoms with Gasteiger partial charge in [0.2, 0.25) is 0 Å². The van der Waals surface area contributed by atoms with E-state index in [4.69, 9.17) is 4.52 Å². The van der Waals surface area contributed by atoms with E-state index in [0.29, 0.717) is 37.4 Å². The van der Waals surface area contributed by atoms with Crippen molar-refractivity contribution in [3.8, 4) is 17.0 Å². The monoisotopic (exact) mass is 467 g/mol. The molecule has 0 saturated carbocycles. The largest absolute Gasteiger partial charge is 0.573 e. The van der Waals surface area contributed by atoms with Crippen LogP contribution in [-0.4, -0.2) is 48.5 Å². The van der Waals surface area contributed by atoms with Crippen molar-refractivity contribution >= 4 is 11.6 Å². The summed E-state index contributed by atoms with van der Waals surface area (Å²) in [4.78, 5) is 16.6. The van der Waals surface area contributed by atoms with Crippen LogP contribution >= 0.6 is 0 Å². The van der Waals surface area contributed by atoms with Crippen LogP contribution in [0.1, 0.15) is 16.1 Å². The van der Waals surface area contributed by atoms with Crippen LogP contribution < -0.4 is 9.64 Å². The normalized spacial score (nSPS) is 14.5. The quantitative estimate of drug-likeness (QED) is 0.517. The summed E-state index contributed by atoms with van der Waals surface area (Å²) >= 11 is 0. The Bertz CT molecular complexity index is 1150. The predicted octanol–water partition coefficient (Wildman–Crippen LogP) is 4.79. The lowest BCUT2D eigenvalue weighted by Gasteiger charge is -2.36. The molecule has 2 heterocycles. The Morgan fingerprint density at radius 2 is 1.67 bits per heavy atom. The van der Waals surface area contributed by atoms with Gasteiger partial charge >= 0.3 is 6.36 Å². The number of hydrogen-bond acceptors (Lipinski definition) is 5. The van der Waals surface area contributed by atoms with Gasteiger partial charge in [-0.1, -0.05) is 5.16 Å². The fourth-order valence-electron chi connectivity index (χ4n) is 3.64. The van der Waals surface area contributed by atoms with Crippen LogP contribution in [0.2, 0.25) is 0 Å². The van der Waals surface area contributed by atoms with E-state index in [1.54, 1.807) is 11.8 Å². The highest BCUT2D eigenvalue weighted by atomic mass is 19.4. The van der Waals surface area contributed by atoms with Crippen LogP contribution in [0.5, 0.6) is 5.75 Å². The number of nitrogens with zero attached hydrogens (tertiary/aromatic N) is 3. The van der Waals surface area contributed by atoms with E-state index in [1.165, 1.54) is 18.2 Å². The summed E-state index contributed by atoms with van der Waals surface area (Å²) in [5.74, 6) is -2.34. The average Bonchev–Trinajstić information content (AvgIpc) is 3.16. The molecule has 2 aromatic carbocycles. The van der Waals surface area contributed by atoms with Crippen LogP contribution in [0.4, 0.5) is 27.6 Å². The van der Waals surface area contributed by atoms with Gasteiger partial charge in [-0.3, -0.25) is 4.79 Å². The predicted molar refractivity (Wildman–Crippen MR) is 108 cm³/mol. The molecule has 0 N–H and O–H groups in total. The summed E-state index contributed by atoms with van der Waals surface area (Å²) in [6, 6.07) is 8.61. The zero-order valence-corrected chi connectivity index (χ0v) is 17.3. The number of piperazine rings is 1. The number of alkyl halides is 3. The van der Waals surface area contributed by atoms with E-state index in [9.17, 15) is 26.7 Å². The Balaban J connectivity index is 1.48. The number of rotatable bonds is 4. The molecule has 6 nitrogen and oxygen atoms in total. The third kappa shape index (κ3) is 4.91. The number of aryl methyl sites for hydroxylation is 1. The van der Waals surface area contributed by atoms with Crippen LogP contribution in [0.25, 0.3) is 11.3 Å². The lowest BCUT2D eigenvalue weighted by molar-refractivity contribution is -0.274. The molecule has 3 aromatic rings. The molecule has 33 heavy (non-hydrogen) atoms. The minimum Gasteiger partial charge on any atom is -0.406 e. The lowest BCUT2D eigenvalue weighted by atomic mass is 10.0. The average molecular weight is 467 g/mol. The highest BCUT2D eigenvalue weighted by molar-refractivity contribution is 6.01. The summed E-state index contributed by atoms with van der Waals surface area (Å²) < 4.78 is 72.9. The Kier molecular flexibility index (Phi) is 5.96. The second-order valence-corrected chi connectivity index (χ2v) is 7.41. The summed E-state index contributed by atoms with van der Waals surface area (Å²) in [5, 5.41) is 3.91. The number of aromatic nitrogens is 1. The van der Waals surface area contributed by atoms with E-state index in [1.807, 2.05) is 4.90 Å². The van der Waals surface area contributed by atoms with E-state index in [0.717, 1.165) is 24.3 Å². The molecular weight excluding hydrogens is 449 g/mol. The first kappa shape index (κ1) is 22.6. The van der Waals surface area contributed by atoms with Crippen molar-refractivity contribution in [1.82, 2.24) is 10.1 Å². The van der Waals surface area contributed by atoms with Gasteiger partial charge in [0.15, 0.2) is 11.6 Å². The van der Waals surface area contributed by atoms with Crippen LogP contribution in [0, 0.1) is 18.6 Å². The highest BCUT2D eigenvalue weighted by Crippen LogP contribution is 2.30. The summed E-state index contributed by atoms with van der Waals surface area (Å²) in [5.41, 5.74) is 1.33. The molecule has 0 atom stereocenters. The fourth-order valence-corrected chi connectivity index (χ4v) is 3.64. The van der Waals surface area contributed by atoms with Crippen molar-refractivity contribution in [3.05, 3.63) is 65.4 Å². The van der Waals surface area contributed by atoms with Crippen LogP contribution in [0.15, 0.2) is 47.0 Å². The second-order valence-electron chi connectivity index (χ2n) is 7.41. The maximum atomic E-state index is 13.5. The Hall–Kier alpha value is -3.63. The number of amides is 1. The first-order chi connectivity index (χ1) is 15.6. The molecule has 1 aromatic heterocycles. The summed E-state index contributed by atoms with van der Waals surface area (Å²) in [7, 11) is 0. The zero-order chi connectivity index (χ0) is 23.8. The third-order valence-corrected chi connectivity index (χ3v) is 5.27.